The van der Waals surface area contributed by atoms with Crippen molar-refractivity contribution >= 4 is 20.8 Å². The van der Waals surface area contributed by atoms with Crippen molar-refractivity contribution in [2.45, 2.75) is 25.4 Å². The van der Waals surface area contributed by atoms with Gasteiger partial charge in [0.1, 0.15) is 21.2 Å². The molecule has 0 atom stereocenters. The second-order valence-electron chi connectivity index (χ2n) is 5.06. The zero-order valence-corrected chi connectivity index (χ0v) is 11.4. The highest BCUT2D eigenvalue weighted by molar-refractivity contribution is 7.91. The van der Waals surface area contributed by atoms with E-state index >= 15 is 0 Å². The molecule has 0 spiro atoms. The molecule has 1 aliphatic rings. The highest BCUT2D eigenvalue weighted by Crippen LogP contribution is 2.19. The summed E-state index contributed by atoms with van der Waals surface area (Å²) in [5, 5.41) is 4.48. The molecule has 5 heteroatoms. The van der Waals surface area contributed by atoms with E-state index in [1.165, 1.54) is 0 Å². The molecule has 102 valence electrons. The molecular weight excluding hydrogens is 262 g/mol. The largest absolute Gasteiger partial charge is 0.460 e. The van der Waals surface area contributed by atoms with Crippen LogP contribution in [-0.2, 0) is 16.4 Å². The van der Waals surface area contributed by atoms with E-state index in [1.807, 2.05) is 30.3 Å². The van der Waals surface area contributed by atoms with Gasteiger partial charge in [-0.3, -0.25) is 0 Å². The topological polar surface area (TPSA) is 59.3 Å². The molecule has 1 N–H and O–H groups in total. The zero-order valence-electron chi connectivity index (χ0n) is 10.6. The van der Waals surface area contributed by atoms with Crippen LogP contribution in [0.4, 0.5) is 0 Å². The fourth-order valence-corrected chi connectivity index (χ4v) is 3.95. The smallest absolute Gasteiger partial charge is 0.150 e. The summed E-state index contributed by atoms with van der Waals surface area (Å²) in [4.78, 5) is 0. The first kappa shape index (κ1) is 12.7. The Hall–Kier alpha value is -1.33. The number of para-hydroxylation sites is 1. The Morgan fingerprint density at radius 2 is 1.95 bits per heavy atom. The van der Waals surface area contributed by atoms with E-state index in [0.29, 0.717) is 30.9 Å². The van der Waals surface area contributed by atoms with E-state index in [1.54, 1.807) is 0 Å². The Morgan fingerprint density at radius 1 is 1.21 bits per heavy atom. The molecule has 0 bridgehead atoms. The van der Waals surface area contributed by atoms with Crippen LogP contribution in [0, 0.1) is 0 Å². The highest BCUT2D eigenvalue weighted by Gasteiger charge is 2.23. The van der Waals surface area contributed by atoms with Crippen molar-refractivity contribution in [2.24, 2.45) is 0 Å². The second kappa shape index (κ2) is 4.98. The third-order valence-electron chi connectivity index (χ3n) is 3.60. The van der Waals surface area contributed by atoms with Crippen LogP contribution >= 0.6 is 0 Å². The van der Waals surface area contributed by atoms with E-state index in [2.05, 4.69) is 5.32 Å². The maximum Gasteiger partial charge on any atom is 0.150 e. The predicted molar refractivity (Wildman–Crippen MR) is 74.7 cm³/mol. The summed E-state index contributed by atoms with van der Waals surface area (Å²) in [7, 11) is -2.78. The Morgan fingerprint density at radius 3 is 2.68 bits per heavy atom. The van der Waals surface area contributed by atoms with Crippen LogP contribution in [0.3, 0.4) is 0 Å². The fourth-order valence-electron chi connectivity index (χ4n) is 2.46. The Labute approximate surface area is 112 Å². The molecule has 2 aromatic rings. The Bertz CT molecular complexity index is 628. The number of benzene rings is 1. The van der Waals surface area contributed by atoms with Crippen LogP contribution in [0.25, 0.3) is 11.0 Å². The van der Waals surface area contributed by atoms with Gasteiger partial charge in [-0.2, -0.15) is 0 Å². The van der Waals surface area contributed by atoms with Crippen LogP contribution in [0.5, 0.6) is 0 Å². The number of sulfone groups is 1. The van der Waals surface area contributed by atoms with E-state index in [0.717, 1.165) is 16.7 Å². The van der Waals surface area contributed by atoms with Gasteiger partial charge in [0.15, 0.2) is 0 Å². The quantitative estimate of drug-likeness (QED) is 0.934. The molecule has 1 saturated heterocycles. The SMILES string of the molecule is O=S1(=O)CCC(NCc2cc3ccccc3o2)CC1. The maximum absolute atomic E-state index is 11.3. The van der Waals surface area contributed by atoms with Crippen LogP contribution < -0.4 is 5.32 Å². The van der Waals surface area contributed by atoms with Crippen molar-refractivity contribution in [1.82, 2.24) is 5.32 Å². The van der Waals surface area contributed by atoms with E-state index in [9.17, 15) is 8.42 Å². The third kappa shape index (κ3) is 2.98. The van der Waals surface area contributed by atoms with Gasteiger partial charge in [0.05, 0.1) is 18.1 Å². The molecular formula is C14H17NO3S. The number of fused-ring (bicyclic) bond motifs is 1. The Balaban J connectivity index is 1.60. The number of rotatable bonds is 3. The summed E-state index contributed by atoms with van der Waals surface area (Å²) in [6.07, 6.45) is 1.39. The van der Waals surface area contributed by atoms with Crippen molar-refractivity contribution in [2.75, 3.05) is 11.5 Å². The third-order valence-corrected chi connectivity index (χ3v) is 5.31. The standard InChI is InChI=1S/C14H17NO3S/c16-19(17)7-5-12(6-8-19)15-10-13-9-11-3-1-2-4-14(11)18-13/h1-4,9,12,15H,5-8,10H2. The summed E-state index contributed by atoms with van der Waals surface area (Å²) < 4.78 is 28.4. The average Bonchev–Trinajstić information content (AvgIpc) is 2.80. The molecule has 1 aliphatic heterocycles. The second-order valence-corrected chi connectivity index (χ2v) is 7.36. The van der Waals surface area contributed by atoms with Crippen molar-refractivity contribution in [1.29, 1.82) is 0 Å². The molecule has 3 rings (SSSR count). The van der Waals surface area contributed by atoms with Crippen LogP contribution in [0.1, 0.15) is 18.6 Å². The van der Waals surface area contributed by atoms with Gasteiger partial charge in [-0.1, -0.05) is 18.2 Å². The normalized spacial score (nSPS) is 19.8. The number of hydrogen-bond donors (Lipinski definition) is 1. The summed E-state index contributed by atoms with van der Waals surface area (Å²) in [6, 6.07) is 10.2. The molecule has 1 aromatic heterocycles. The van der Waals surface area contributed by atoms with Gasteiger partial charge in [0, 0.05) is 11.4 Å². The van der Waals surface area contributed by atoms with Gasteiger partial charge < -0.3 is 9.73 Å². The molecule has 19 heavy (non-hydrogen) atoms. The number of nitrogens with one attached hydrogen (secondary N) is 1. The lowest BCUT2D eigenvalue weighted by Crippen LogP contribution is -2.37. The van der Waals surface area contributed by atoms with Crippen molar-refractivity contribution in [3.63, 3.8) is 0 Å². The van der Waals surface area contributed by atoms with E-state index in [4.69, 9.17) is 4.42 Å². The molecule has 0 amide bonds. The van der Waals surface area contributed by atoms with Crippen LogP contribution in [-0.4, -0.2) is 26.0 Å². The van der Waals surface area contributed by atoms with Gasteiger partial charge in [-0.05, 0) is 25.0 Å². The van der Waals surface area contributed by atoms with Gasteiger partial charge in [0.2, 0.25) is 0 Å². The summed E-state index contributed by atoms with van der Waals surface area (Å²) in [5.74, 6) is 1.49. The van der Waals surface area contributed by atoms with Gasteiger partial charge in [-0.25, -0.2) is 8.42 Å². The first-order valence-corrected chi connectivity index (χ1v) is 8.36. The Kier molecular flexibility index (Phi) is 3.33. The number of furan rings is 1. The van der Waals surface area contributed by atoms with Crippen molar-refractivity contribution in [3.05, 3.63) is 36.1 Å². The zero-order chi connectivity index (χ0) is 13.3. The first-order chi connectivity index (χ1) is 9.12. The van der Waals surface area contributed by atoms with Crippen LogP contribution in [0.2, 0.25) is 0 Å². The molecule has 1 fully saturated rings. The minimum absolute atomic E-state index is 0.275. The molecule has 1 aromatic carbocycles. The molecule has 2 heterocycles. The van der Waals surface area contributed by atoms with Crippen molar-refractivity contribution < 1.29 is 12.8 Å². The summed E-state index contributed by atoms with van der Waals surface area (Å²) >= 11 is 0. The average molecular weight is 279 g/mol. The van der Waals surface area contributed by atoms with Gasteiger partial charge in [-0.15, -0.1) is 0 Å². The summed E-state index contributed by atoms with van der Waals surface area (Å²) in [5.41, 5.74) is 0.894. The van der Waals surface area contributed by atoms with Gasteiger partial charge in [0.25, 0.3) is 0 Å². The molecule has 4 nitrogen and oxygen atoms in total. The van der Waals surface area contributed by atoms with Crippen LogP contribution in [0.15, 0.2) is 34.7 Å². The maximum atomic E-state index is 11.3. The highest BCUT2D eigenvalue weighted by atomic mass is 32.2. The first-order valence-electron chi connectivity index (χ1n) is 6.54. The minimum Gasteiger partial charge on any atom is -0.460 e. The lowest BCUT2D eigenvalue weighted by Gasteiger charge is -2.22. The number of hydrogen-bond acceptors (Lipinski definition) is 4. The lowest BCUT2D eigenvalue weighted by atomic mass is 10.1. The molecule has 0 aliphatic carbocycles. The van der Waals surface area contributed by atoms with E-state index in [-0.39, 0.29) is 6.04 Å². The molecule has 0 radical (unpaired) electrons. The molecule has 0 unspecified atom stereocenters. The van der Waals surface area contributed by atoms with Crippen molar-refractivity contribution in [3.8, 4) is 0 Å². The predicted octanol–water partition coefficient (Wildman–Crippen LogP) is 2.10. The summed E-state index contributed by atoms with van der Waals surface area (Å²) in [6.45, 7) is 0.652. The molecule has 0 saturated carbocycles. The van der Waals surface area contributed by atoms with Gasteiger partial charge >= 0.3 is 0 Å². The fraction of sp³-hybridized carbons (Fsp3) is 0.429. The monoisotopic (exact) mass is 279 g/mol. The minimum atomic E-state index is -2.78. The van der Waals surface area contributed by atoms with E-state index < -0.39 is 9.84 Å². The lowest BCUT2D eigenvalue weighted by molar-refractivity contribution is 0.430.